The summed E-state index contributed by atoms with van der Waals surface area (Å²) >= 11 is 0. The maximum atomic E-state index is 5.39. The highest BCUT2D eigenvalue weighted by atomic mass is 15.1. The third kappa shape index (κ3) is 3.73. The van der Waals surface area contributed by atoms with Gasteiger partial charge in [0.15, 0.2) is 0 Å². The second-order valence-corrected chi connectivity index (χ2v) is 3.23. The zero-order valence-corrected chi connectivity index (χ0v) is 7.26. The second kappa shape index (κ2) is 5.56. The minimum absolute atomic E-state index is 0.830. The van der Waals surface area contributed by atoms with E-state index >= 15 is 0 Å². The molecular weight excluding hydrogens is 136 g/mol. The van der Waals surface area contributed by atoms with Crippen molar-refractivity contribution in [3.8, 4) is 0 Å². The molecule has 2 heteroatoms. The van der Waals surface area contributed by atoms with Crippen LogP contribution in [0, 0.1) is 6.42 Å². The van der Waals surface area contributed by atoms with Crippen LogP contribution < -0.4 is 5.73 Å². The van der Waals surface area contributed by atoms with Gasteiger partial charge in [0.25, 0.3) is 0 Å². The van der Waals surface area contributed by atoms with E-state index in [4.69, 9.17) is 5.73 Å². The van der Waals surface area contributed by atoms with Gasteiger partial charge in [-0.05, 0) is 51.7 Å². The lowest BCUT2D eigenvalue weighted by atomic mass is 10.2. The standard InChI is InChI=1S/C9H19N2/c10-6-2-1-3-7-11-8-4-5-9-11/h3H,1-2,4-10H2. The number of likely N-dealkylation sites (tertiary alicyclic amines) is 1. The summed E-state index contributed by atoms with van der Waals surface area (Å²) in [5, 5.41) is 0. The van der Waals surface area contributed by atoms with E-state index in [1.807, 2.05) is 0 Å². The van der Waals surface area contributed by atoms with Crippen molar-refractivity contribution in [2.45, 2.75) is 25.7 Å². The molecule has 0 bridgehead atoms. The highest BCUT2D eigenvalue weighted by Gasteiger charge is 2.09. The fourth-order valence-corrected chi connectivity index (χ4v) is 1.50. The zero-order valence-electron chi connectivity index (χ0n) is 7.26. The molecule has 0 spiro atoms. The Labute approximate surface area is 69.8 Å². The lowest BCUT2D eigenvalue weighted by molar-refractivity contribution is 0.361. The third-order valence-electron chi connectivity index (χ3n) is 2.20. The van der Waals surface area contributed by atoms with Gasteiger partial charge in [-0.3, -0.25) is 0 Å². The summed E-state index contributed by atoms with van der Waals surface area (Å²) in [7, 11) is 0. The molecule has 1 radical (unpaired) electrons. The molecule has 0 amide bonds. The molecule has 1 aliphatic rings. The van der Waals surface area contributed by atoms with Gasteiger partial charge in [0.2, 0.25) is 0 Å². The minimum Gasteiger partial charge on any atom is -0.330 e. The molecule has 65 valence electrons. The van der Waals surface area contributed by atoms with E-state index in [-0.39, 0.29) is 0 Å². The van der Waals surface area contributed by atoms with Gasteiger partial charge >= 0.3 is 0 Å². The van der Waals surface area contributed by atoms with Crippen LogP contribution in [-0.2, 0) is 0 Å². The van der Waals surface area contributed by atoms with Crippen molar-refractivity contribution in [3.63, 3.8) is 0 Å². The number of hydrogen-bond acceptors (Lipinski definition) is 2. The molecule has 1 fully saturated rings. The van der Waals surface area contributed by atoms with Crippen LogP contribution in [0.4, 0.5) is 0 Å². The molecule has 1 heterocycles. The Hall–Kier alpha value is -0.0800. The number of unbranched alkanes of at least 4 members (excludes halogenated alkanes) is 2. The Morgan fingerprint density at radius 1 is 1.27 bits per heavy atom. The second-order valence-electron chi connectivity index (χ2n) is 3.23. The molecule has 1 rings (SSSR count). The lowest BCUT2D eigenvalue weighted by Gasteiger charge is -2.13. The molecule has 2 N–H and O–H groups in total. The Balaban J connectivity index is 1.86. The van der Waals surface area contributed by atoms with Gasteiger partial charge in [0.1, 0.15) is 0 Å². The zero-order chi connectivity index (χ0) is 7.94. The van der Waals surface area contributed by atoms with Gasteiger partial charge < -0.3 is 10.6 Å². The average Bonchev–Trinajstić information content (AvgIpc) is 2.50. The minimum atomic E-state index is 0.830. The number of hydrogen-bond donors (Lipinski definition) is 1. The van der Waals surface area contributed by atoms with Crippen molar-refractivity contribution >= 4 is 0 Å². The Kier molecular flexibility index (Phi) is 4.55. The molecule has 0 aromatic heterocycles. The fourth-order valence-electron chi connectivity index (χ4n) is 1.50. The summed E-state index contributed by atoms with van der Waals surface area (Å²) in [6.45, 7) is 4.62. The van der Waals surface area contributed by atoms with E-state index in [1.165, 1.54) is 38.9 Å². The summed E-state index contributed by atoms with van der Waals surface area (Å²) in [5.74, 6) is 0. The fraction of sp³-hybridized carbons (Fsp3) is 0.889. The Morgan fingerprint density at radius 3 is 2.64 bits per heavy atom. The van der Waals surface area contributed by atoms with Crippen molar-refractivity contribution < 1.29 is 0 Å². The molecule has 2 nitrogen and oxygen atoms in total. The van der Waals surface area contributed by atoms with Gasteiger partial charge in [0.05, 0.1) is 0 Å². The predicted molar refractivity (Wildman–Crippen MR) is 48.3 cm³/mol. The first kappa shape index (κ1) is 9.01. The van der Waals surface area contributed by atoms with Crippen LogP contribution in [0.1, 0.15) is 25.7 Å². The van der Waals surface area contributed by atoms with E-state index < -0.39 is 0 Å². The van der Waals surface area contributed by atoms with E-state index in [0.29, 0.717) is 0 Å². The molecular formula is C9H19N2. The summed E-state index contributed by atoms with van der Waals surface area (Å²) in [5.41, 5.74) is 5.39. The molecule has 0 aromatic carbocycles. The molecule has 0 atom stereocenters. The summed E-state index contributed by atoms with van der Waals surface area (Å²) < 4.78 is 0. The van der Waals surface area contributed by atoms with Crippen molar-refractivity contribution in [2.24, 2.45) is 5.73 Å². The summed E-state index contributed by atoms with van der Waals surface area (Å²) in [6, 6.07) is 0. The average molecular weight is 155 g/mol. The van der Waals surface area contributed by atoms with Crippen LogP contribution in [0.15, 0.2) is 0 Å². The third-order valence-corrected chi connectivity index (χ3v) is 2.20. The summed E-state index contributed by atoms with van der Waals surface area (Å²) in [4.78, 5) is 2.51. The smallest absolute Gasteiger partial charge is 0.00128 e. The number of nitrogens with zero attached hydrogens (tertiary/aromatic N) is 1. The molecule has 1 aliphatic heterocycles. The number of nitrogens with two attached hydrogens (primary N) is 1. The van der Waals surface area contributed by atoms with Crippen molar-refractivity contribution in [2.75, 3.05) is 26.2 Å². The van der Waals surface area contributed by atoms with Crippen molar-refractivity contribution in [1.29, 1.82) is 0 Å². The molecule has 0 saturated carbocycles. The Morgan fingerprint density at radius 2 is 2.00 bits per heavy atom. The predicted octanol–water partition coefficient (Wildman–Crippen LogP) is 1.03. The molecule has 1 saturated heterocycles. The van der Waals surface area contributed by atoms with Crippen LogP contribution in [0.2, 0.25) is 0 Å². The van der Waals surface area contributed by atoms with Gasteiger partial charge in [-0.2, -0.15) is 0 Å². The molecule has 0 aromatic rings. The maximum Gasteiger partial charge on any atom is 0.00128 e. The number of rotatable bonds is 5. The SMILES string of the molecule is NCCC[CH]CN1CCCC1. The largest absolute Gasteiger partial charge is 0.330 e. The highest BCUT2D eigenvalue weighted by Crippen LogP contribution is 2.07. The highest BCUT2D eigenvalue weighted by molar-refractivity contribution is 4.74. The topological polar surface area (TPSA) is 29.3 Å². The first-order valence-electron chi connectivity index (χ1n) is 4.67. The molecule has 11 heavy (non-hydrogen) atoms. The van der Waals surface area contributed by atoms with Crippen LogP contribution in [0.25, 0.3) is 0 Å². The summed E-state index contributed by atoms with van der Waals surface area (Å²) in [6.07, 6.45) is 7.48. The van der Waals surface area contributed by atoms with Crippen LogP contribution in [0.5, 0.6) is 0 Å². The van der Waals surface area contributed by atoms with E-state index in [2.05, 4.69) is 11.3 Å². The maximum absolute atomic E-state index is 5.39. The Bertz CT molecular complexity index is 87.6. The van der Waals surface area contributed by atoms with E-state index in [0.717, 1.165) is 13.0 Å². The molecule has 0 unspecified atom stereocenters. The van der Waals surface area contributed by atoms with Gasteiger partial charge in [-0.1, -0.05) is 0 Å². The first-order chi connectivity index (χ1) is 5.43. The monoisotopic (exact) mass is 155 g/mol. The van der Waals surface area contributed by atoms with Gasteiger partial charge in [0, 0.05) is 6.54 Å². The van der Waals surface area contributed by atoms with Gasteiger partial charge in [-0.25, -0.2) is 0 Å². The van der Waals surface area contributed by atoms with E-state index in [9.17, 15) is 0 Å². The normalized spacial score (nSPS) is 19.4. The lowest BCUT2D eigenvalue weighted by Crippen LogP contribution is -2.20. The first-order valence-corrected chi connectivity index (χ1v) is 4.67. The van der Waals surface area contributed by atoms with Gasteiger partial charge in [-0.15, -0.1) is 0 Å². The quantitative estimate of drug-likeness (QED) is 0.601. The van der Waals surface area contributed by atoms with Crippen molar-refractivity contribution in [1.82, 2.24) is 4.90 Å². The van der Waals surface area contributed by atoms with Crippen LogP contribution in [0.3, 0.4) is 0 Å². The molecule has 0 aliphatic carbocycles. The van der Waals surface area contributed by atoms with E-state index in [1.54, 1.807) is 0 Å². The van der Waals surface area contributed by atoms with Crippen molar-refractivity contribution in [3.05, 3.63) is 6.42 Å². The van der Waals surface area contributed by atoms with Crippen LogP contribution >= 0.6 is 0 Å². The van der Waals surface area contributed by atoms with Crippen LogP contribution in [-0.4, -0.2) is 31.1 Å².